The quantitative estimate of drug-likeness (QED) is 0.457. The van der Waals surface area contributed by atoms with E-state index in [-0.39, 0.29) is 23.7 Å². The molecule has 2 amide bonds. The number of benzene rings is 1. The third-order valence-electron chi connectivity index (χ3n) is 4.43. The molecule has 2 unspecified atom stereocenters. The molecule has 0 aliphatic carbocycles. The molecule has 8 nitrogen and oxygen atoms in total. The van der Waals surface area contributed by atoms with Gasteiger partial charge in [0.15, 0.2) is 0 Å². The minimum atomic E-state index is -0.437. The SMILES string of the molecule is CC(=O)NCCNC(=O)c1ccc(N2CC(C)CC(C)C2)c([N+](=O)[O-])c1. The van der Waals surface area contributed by atoms with Crippen LogP contribution in [0.2, 0.25) is 0 Å². The molecule has 1 aliphatic heterocycles. The summed E-state index contributed by atoms with van der Waals surface area (Å²) in [4.78, 5) is 36.1. The molecule has 142 valence electrons. The molecule has 1 saturated heterocycles. The fraction of sp³-hybridized carbons (Fsp3) is 0.556. The number of anilines is 1. The van der Waals surface area contributed by atoms with Crippen molar-refractivity contribution in [2.24, 2.45) is 11.8 Å². The molecule has 0 radical (unpaired) electrons. The fourth-order valence-corrected chi connectivity index (χ4v) is 3.45. The van der Waals surface area contributed by atoms with Crippen molar-refractivity contribution < 1.29 is 14.5 Å². The van der Waals surface area contributed by atoms with E-state index in [9.17, 15) is 19.7 Å². The first-order valence-electron chi connectivity index (χ1n) is 8.84. The van der Waals surface area contributed by atoms with Gasteiger partial charge in [-0.15, -0.1) is 0 Å². The van der Waals surface area contributed by atoms with Gasteiger partial charge in [0.25, 0.3) is 11.6 Å². The van der Waals surface area contributed by atoms with Gasteiger partial charge in [-0.3, -0.25) is 19.7 Å². The molecule has 0 aromatic heterocycles. The van der Waals surface area contributed by atoms with Crippen LogP contribution < -0.4 is 15.5 Å². The highest BCUT2D eigenvalue weighted by Crippen LogP contribution is 2.33. The summed E-state index contributed by atoms with van der Waals surface area (Å²) < 4.78 is 0. The molecular weight excluding hydrogens is 336 g/mol. The highest BCUT2D eigenvalue weighted by Gasteiger charge is 2.27. The van der Waals surface area contributed by atoms with Crippen LogP contribution in [-0.4, -0.2) is 42.9 Å². The molecule has 0 saturated carbocycles. The molecule has 8 heteroatoms. The molecule has 1 aromatic carbocycles. The average Bonchev–Trinajstić information content (AvgIpc) is 2.56. The summed E-state index contributed by atoms with van der Waals surface area (Å²) in [5.41, 5.74) is 0.741. The second-order valence-electron chi connectivity index (χ2n) is 7.05. The van der Waals surface area contributed by atoms with E-state index < -0.39 is 10.8 Å². The third-order valence-corrected chi connectivity index (χ3v) is 4.43. The van der Waals surface area contributed by atoms with E-state index in [0.717, 1.165) is 19.5 Å². The molecule has 1 fully saturated rings. The minimum Gasteiger partial charge on any atom is -0.365 e. The van der Waals surface area contributed by atoms with Crippen molar-refractivity contribution in [3.05, 3.63) is 33.9 Å². The zero-order valence-corrected chi connectivity index (χ0v) is 15.4. The number of piperidine rings is 1. The van der Waals surface area contributed by atoms with Gasteiger partial charge >= 0.3 is 0 Å². The summed E-state index contributed by atoms with van der Waals surface area (Å²) in [6, 6.07) is 4.60. The monoisotopic (exact) mass is 362 g/mol. The van der Waals surface area contributed by atoms with Crippen LogP contribution in [0.4, 0.5) is 11.4 Å². The van der Waals surface area contributed by atoms with Gasteiger partial charge in [0.05, 0.1) is 4.92 Å². The number of nitrogens with zero attached hydrogens (tertiary/aromatic N) is 2. The second kappa shape index (κ2) is 8.64. The van der Waals surface area contributed by atoms with E-state index in [1.54, 1.807) is 12.1 Å². The summed E-state index contributed by atoms with van der Waals surface area (Å²) in [6.07, 6.45) is 1.11. The van der Waals surface area contributed by atoms with Crippen LogP contribution in [-0.2, 0) is 4.79 Å². The van der Waals surface area contributed by atoms with Crippen LogP contribution in [0.1, 0.15) is 37.6 Å². The zero-order chi connectivity index (χ0) is 19.3. The van der Waals surface area contributed by atoms with Gasteiger partial charge in [-0.25, -0.2) is 0 Å². The largest absolute Gasteiger partial charge is 0.365 e. The summed E-state index contributed by atoms with van der Waals surface area (Å²) in [7, 11) is 0. The van der Waals surface area contributed by atoms with E-state index >= 15 is 0 Å². The van der Waals surface area contributed by atoms with E-state index in [0.29, 0.717) is 24.1 Å². The highest BCUT2D eigenvalue weighted by atomic mass is 16.6. The first-order valence-corrected chi connectivity index (χ1v) is 8.84. The number of carbonyl (C=O) groups is 2. The lowest BCUT2D eigenvalue weighted by Gasteiger charge is -2.36. The van der Waals surface area contributed by atoms with Gasteiger partial charge in [0.2, 0.25) is 5.91 Å². The molecule has 1 aliphatic rings. The topological polar surface area (TPSA) is 105 Å². The smallest absolute Gasteiger partial charge is 0.293 e. The van der Waals surface area contributed by atoms with Crippen molar-refractivity contribution in [1.82, 2.24) is 10.6 Å². The molecular formula is C18H26N4O4. The Morgan fingerprint density at radius 2 is 1.81 bits per heavy atom. The van der Waals surface area contributed by atoms with Gasteiger partial charge < -0.3 is 15.5 Å². The number of amides is 2. The van der Waals surface area contributed by atoms with Crippen LogP contribution in [0.15, 0.2) is 18.2 Å². The first kappa shape index (κ1) is 19.7. The summed E-state index contributed by atoms with van der Waals surface area (Å²) in [5.74, 6) is 0.361. The highest BCUT2D eigenvalue weighted by molar-refractivity contribution is 5.95. The molecule has 26 heavy (non-hydrogen) atoms. The number of nitrogens with one attached hydrogen (secondary N) is 2. The van der Waals surface area contributed by atoms with Crippen LogP contribution in [0.5, 0.6) is 0 Å². The van der Waals surface area contributed by atoms with Crippen LogP contribution in [0, 0.1) is 22.0 Å². The predicted molar refractivity (Wildman–Crippen MR) is 99.3 cm³/mol. The van der Waals surface area contributed by atoms with Crippen molar-refractivity contribution in [1.29, 1.82) is 0 Å². The molecule has 2 rings (SSSR count). The lowest BCUT2D eigenvalue weighted by Crippen LogP contribution is -2.39. The van der Waals surface area contributed by atoms with Crippen molar-refractivity contribution in [3.8, 4) is 0 Å². The standard InChI is InChI=1S/C18H26N4O4/c1-12-8-13(2)11-21(10-12)16-5-4-15(9-17(16)22(25)26)18(24)20-7-6-19-14(3)23/h4-5,9,12-13H,6-8,10-11H2,1-3H3,(H,19,23)(H,20,24). The van der Waals surface area contributed by atoms with Crippen molar-refractivity contribution in [2.45, 2.75) is 27.2 Å². The van der Waals surface area contributed by atoms with E-state index in [4.69, 9.17) is 0 Å². The van der Waals surface area contributed by atoms with E-state index in [1.807, 2.05) is 4.90 Å². The Bertz CT molecular complexity index is 682. The van der Waals surface area contributed by atoms with Gasteiger partial charge in [0.1, 0.15) is 5.69 Å². The summed E-state index contributed by atoms with van der Waals surface area (Å²) >= 11 is 0. The third kappa shape index (κ3) is 5.18. The van der Waals surface area contributed by atoms with Gasteiger partial charge in [0, 0.05) is 44.7 Å². The van der Waals surface area contributed by atoms with Gasteiger partial charge in [-0.2, -0.15) is 0 Å². The Hall–Kier alpha value is -2.64. The molecule has 1 heterocycles. The summed E-state index contributed by atoms with van der Waals surface area (Å²) in [6.45, 7) is 7.80. The second-order valence-corrected chi connectivity index (χ2v) is 7.05. The maximum absolute atomic E-state index is 12.2. The van der Waals surface area contributed by atoms with Crippen LogP contribution in [0.25, 0.3) is 0 Å². The minimum absolute atomic E-state index is 0.0548. The number of hydrogen-bond donors (Lipinski definition) is 2. The van der Waals surface area contributed by atoms with Crippen molar-refractivity contribution in [2.75, 3.05) is 31.1 Å². The Kier molecular flexibility index (Phi) is 6.54. The lowest BCUT2D eigenvalue weighted by molar-refractivity contribution is -0.384. The number of nitro groups is 1. The Balaban J connectivity index is 2.14. The van der Waals surface area contributed by atoms with Crippen molar-refractivity contribution in [3.63, 3.8) is 0 Å². The van der Waals surface area contributed by atoms with Gasteiger partial charge in [-0.05, 0) is 30.4 Å². The molecule has 0 spiro atoms. The maximum Gasteiger partial charge on any atom is 0.293 e. The van der Waals surface area contributed by atoms with Crippen molar-refractivity contribution >= 4 is 23.2 Å². The van der Waals surface area contributed by atoms with E-state index in [2.05, 4.69) is 24.5 Å². The maximum atomic E-state index is 12.2. The first-order chi connectivity index (χ1) is 12.3. The Morgan fingerprint density at radius 1 is 1.19 bits per heavy atom. The number of rotatable bonds is 6. The van der Waals surface area contributed by atoms with E-state index in [1.165, 1.54) is 13.0 Å². The summed E-state index contributed by atoms with van der Waals surface area (Å²) in [5, 5.41) is 16.8. The Morgan fingerprint density at radius 3 is 2.38 bits per heavy atom. The molecule has 0 bridgehead atoms. The number of carbonyl (C=O) groups excluding carboxylic acids is 2. The van der Waals surface area contributed by atoms with Crippen LogP contribution >= 0.6 is 0 Å². The molecule has 2 atom stereocenters. The number of nitro benzene ring substituents is 1. The normalized spacial score (nSPS) is 19.7. The lowest BCUT2D eigenvalue weighted by atomic mass is 9.91. The predicted octanol–water partition coefficient (Wildman–Crippen LogP) is 1.94. The molecule has 1 aromatic rings. The number of hydrogen-bond acceptors (Lipinski definition) is 5. The van der Waals surface area contributed by atoms with Gasteiger partial charge in [-0.1, -0.05) is 13.8 Å². The molecule has 2 N–H and O–H groups in total. The fourth-order valence-electron chi connectivity index (χ4n) is 3.45. The Labute approximate surface area is 153 Å². The van der Waals surface area contributed by atoms with Crippen LogP contribution in [0.3, 0.4) is 0 Å². The average molecular weight is 362 g/mol. The zero-order valence-electron chi connectivity index (χ0n) is 15.4.